The number of pyridine rings is 1. The topological polar surface area (TPSA) is 42.4 Å². The number of nitrogens with zero attached hydrogens (tertiary/aromatic N) is 1. The van der Waals surface area contributed by atoms with Crippen LogP contribution in [0.3, 0.4) is 0 Å². The van der Waals surface area contributed by atoms with Crippen molar-refractivity contribution in [1.29, 1.82) is 0 Å². The molecule has 2 atom stereocenters. The molecule has 0 aliphatic carbocycles. The number of aliphatic hydroxyl groups is 1. The molecule has 1 rings (SSSR count). The van der Waals surface area contributed by atoms with E-state index >= 15 is 0 Å². The zero-order valence-electron chi connectivity index (χ0n) is 10.3. The van der Waals surface area contributed by atoms with E-state index in [4.69, 9.17) is 4.74 Å². The molecule has 16 heavy (non-hydrogen) atoms. The minimum Gasteiger partial charge on any atom is -0.390 e. The molecule has 3 nitrogen and oxygen atoms in total. The van der Waals surface area contributed by atoms with Crippen molar-refractivity contribution in [2.75, 3.05) is 6.61 Å². The van der Waals surface area contributed by atoms with Crippen molar-refractivity contribution in [3.8, 4) is 0 Å². The van der Waals surface area contributed by atoms with Crippen molar-refractivity contribution in [3.05, 3.63) is 30.1 Å². The van der Waals surface area contributed by atoms with Gasteiger partial charge in [0.25, 0.3) is 0 Å². The van der Waals surface area contributed by atoms with Crippen LogP contribution in [0.1, 0.15) is 26.3 Å². The van der Waals surface area contributed by atoms with Crippen LogP contribution in [0.25, 0.3) is 0 Å². The van der Waals surface area contributed by atoms with E-state index in [2.05, 4.69) is 18.8 Å². The highest BCUT2D eigenvalue weighted by atomic mass is 16.5. The Bertz CT molecular complexity index is 287. The van der Waals surface area contributed by atoms with Crippen molar-refractivity contribution in [1.82, 2.24) is 4.98 Å². The van der Waals surface area contributed by atoms with E-state index in [1.165, 1.54) is 0 Å². The van der Waals surface area contributed by atoms with Gasteiger partial charge in [0, 0.05) is 25.4 Å². The molecule has 0 aliphatic heterocycles. The Labute approximate surface area is 97.5 Å². The number of aliphatic hydroxyl groups excluding tert-OH is 1. The fraction of sp³-hybridized carbons (Fsp3) is 0.615. The van der Waals surface area contributed by atoms with Crippen LogP contribution in [0.2, 0.25) is 0 Å². The lowest BCUT2D eigenvalue weighted by molar-refractivity contribution is -0.0562. The van der Waals surface area contributed by atoms with E-state index in [0.717, 1.165) is 5.56 Å². The van der Waals surface area contributed by atoms with Gasteiger partial charge in [0.05, 0.1) is 12.2 Å². The molecular formula is C13H21NO2. The molecule has 0 bridgehead atoms. The van der Waals surface area contributed by atoms with Gasteiger partial charge in [-0.05, 0) is 24.5 Å². The third-order valence-corrected chi connectivity index (χ3v) is 2.56. The molecule has 0 aromatic carbocycles. The molecule has 0 saturated carbocycles. The molecule has 0 fully saturated rings. The predicted octanol–water partition coefficient (Wildman–Crippen LogP) is 2.05. The summed E-state index contributed by atoms with van der Waals surface area (Å²) in [5.41, 5.74) is 1.04. The van der Waals surface area contributed by atoms with Crippen molar-refractivity contribution in [3.63, 3.8) is 0 Å². The zero-order chi connectivity index (χ0) is 12.0. The van der Waals surface area contributed by atoms with Gasteiger partial charge in [-0.2, -0.15) is 0 Å². The van der Waals surface area contributed by atoms with Gasteiger partial charge >= 0.3 is 0 Å². The van der Waals surface area contributed by atoms with Crippen LogP contribution in [0, 0.1) is 5.92 Å². The maximum absolute atomic E-state index is 10.1. The fourth-order valence-electron chi connectivity index (χ4n) is 1.82. The highest BCUT2D eigenvalue weighted by Gasteiger charge is 2.23. The van der Waals surface area contributed by atoms with Gasteiger partial charge in [-0.15, -0.1) is 0 Å². The average molecular weight is 223 g/mol. The fourth-order valence-corrected chi connectivity index (χ4v) is 1.82. The third kappa shape index (κ3) is 3.91. The van der Waals surface area contributed by atoms with Gasteiger partial charge in [-0.3, -0.25) is 4.98 Å². The van der Waals surface area contributed by atoms with Gasteiger partial charge in [0.2, 0.25) is 0 Å². The van der Waals surface area contributed by atoms with Crippen LogP contribution in [0.15, 0.2) is 24.5 Å². The van der Waals surface area contributed by atoms with E-state index in [0.29, 0.717) is 18.9 Å². The van der Waals surface area contributed by atoms with Gasteiger partial charge in [-0.1, -0.05) is 19.9 Å². The predicted molar refractivity (Wildman–Crippen MR) is 64.2 cm³/mol. The molecule has 1 aromatic heterocycles. The number of rotatable bonds is 6. The largest absolute Gasteiger partial charge is 0.390 e. The Morgan fingerprint density at radius 3 is 2.69 bits per heavy atom. The summed E-state index contributed by atoms with van der Waals surface area (Å²) in [5.74, 6) is 0.312. The number of ether oxygens (including phenoxy) is 1. The first-order valence-corrected chi connectivity index (χ1v) is 5.83. The lowest BCUT2D eigenvalue weighted by atomic mass is 9.97. The number of aromatic nitrogens is 1. The van der Waals surface area contributed by atoms with E-state index < -0.39 is 6.10 Å². The summed E-state index contributed by atoms with van der Waals surface area (Å²) in [6, 6.07) is 3.85. The summed E-state index contributed by atoms with van der Waals surface area (Å²) in [6.45, 7) is 6.71. The number of hydrogen-bond acceptors (Lipinski definition) is 3. The smallest absolute Gasteiger partial charge is 0.0859 e. The van der Waals surface area contributed by atoms with Gasteiger partial charge in [0.1, 0.15) is 0 Å². The van der Waals surface area contributed by atoms with Crippen LogP contribution < -0.4 is 0 Å². The standard InChI is InChI=1S/C13H21NO2/c1-4-16-13(10(2)3)12(15)8-11-6-5-7-14-9-11/h5-7,9-10,12-13,15H,4,8H2,1-3H3. The van der Waals surface area contributed by atoms with Gasteiger partial charge in [-0.25, -0.2) is 0 Å². The van der Waals surface area contributed by atoms with Gasteiger partial charge in [0.15, 0.2) is 0 Å². The molecule has 0 aliphatic rings. The summed E-state index contributed by atoms with van der Waals surface area (Å²) >= 11 is 0. The first-order valence-electron chi connectivity index (χ1n) is 5.83. The quantitative estimate of drug-likeness (QED) is 0.802. The molecular weight excluding hydrogens is 202 g/mol. The van der Waals surface area contributed by atoms with Crippen molar-refractivity contribution < 1.29 is 9.84 Å². The van der Waals surface area contributed by atoms with Crippen molar-refractivity contribution in [2.45, 2.75) is 39.4 Å². The molecule has 1 heterocycles. The van der Waals surface area contributed by atoms with Crippen molar-refractivity contribution >= 4 is 0 Å². The van der Waals surface area contributed by atoms with Crippen LogP contribution in [-0.2, 0) is 11.2 Å². The van der Waals surface area contributed by atoms with E-state index in [9.17, 15) is 5.11 Å². The highest BCUT2D eigenvalue weighted by Crippen LogP contribution is 2.15. The molecule has 0 radical (unpaired) electrons. The minimum absolute atomic E-state index is 0.106. The molecule has 0 amide bonds. The summed E-state index contributed by atoms with van der Waals surface area (Å²) in [4.78, 5) is 4.04. The first kappa shape index (κ1) is 13.1. The second kappa shape index (κ2) is 6.61. The third-order valence-electron chi connectivity index (χ3n) is 2.56. The van der Waals surface area contributed by atoms with Crippen LogP contribution in [0.5, 0.6) is 0 Å². The molecule has 0 spiro atoms. The lowest BCUT2D eigenvalue weighted by Crippen LogP contribution is -2.35. The first-order chi connectivity index (χ1) is 7.65. The SMILES string of the molecule is CCOC(C(C)C)C(O)Cc1cccnc1. The summed E-state index contributed by atoms with van der Waals surface area (Å²) in [5, 5.41) is 10.1. The maximum atomic E-state index is 10.1. The second-order valence-corrected chi connectivity index (χ2v) is 4.30. The Balaban J connectivity index is 2.58. The Kier molecular flexibility index (Phi) is 5.43. The molecule has 2 unspecified atom stereocenters. The molecule has 1 N–H and O–H groups in total. The molecule has 1 aromatic rings. The van der Waals surface area contributed by atoms with Crippen LogP contribution in [0.4, 0.5) is 0 Å². The Hall–Kier alpha value is -0.930. The summed E-state index contributed by atoms with van der Waals surface area (Å²) in [6.07, 6.45) is 3.54. The summed E-state index contributed by atoms with van der Waals surface area (Å²) < 4.78 is 5.57. The number of hydrogen-bond donors (Lipinski definition) is 1. The van der Waals surface area contributed by atoms with Gasteiger partial charge < -0.3 is 9.84 Å². The molecule has 0 saturated heterocycles. The highest BCUT2D eigenvalue weighted by molar-refractivity contribution is 5.10. The van der Waals surface area contributed by atoms with Crippen molar-refractivity contribution in [2.24, 2.45) is 5.92 Å². The Morgan fingerprint density at radius 1 is 1.44 bits per heavy atom. The maximum Gasteiger partial charge on any atom is 0.0859 e. The van der Waals surface area contributed by atoms with E-state index in [-0.39, 0.29) is 6.10 Å². The minimum atomic E-state index is -0.468. The van der Waals surface area contributed by atoms with Crippen LogP contribution in [-0.4, -0.2) is 28.9 Å². The average Bonchev–Trinajstić information content (AvgIpc) is 2.26. The summed E-state index contributed by atoms with van der Waals surface area (Å²) in [7, 11) is 0. The van der Waals surface area contributed by atoms with E-state index in [1.54, 1.807) is 12.4 Å². The molecule has 90 valence electrons. The lowest BCUT2D eigenvalue weighted by Gasteiger charge is -2.26. The monoisotopic (exact) mass is 223 g/mol. The van der Waals surface area contributed by atoms with E-state index in [1.807, 2.05) is 19.1 Å². The van der Waals surface area contributed by atoms with Crippen LogP contribution >= 0.6 is 0 Å². The normalized spacial score (nSPS) is 15.1. The Morgan fingerprint density at radius 2 is 2.19 bits per heavy atom. The zero-order valence-corrected chi connectivity index (χ0v) is 10.3. The second-order valence-electron chi connectivity index (χ2n) is 4.30. The molecule has 3 heteroatoms.